The molecule has 0 radical (unpaired) electrons. The lowest BCUT2D eigenvalue weighted by atomic mass is 10.0. The van der Waals surface area contributed by atoms with Crippen molar-refractivity contribution in [3.05, 3.63) is 21.2 Å². The van der Waals surface area contributed by atoms with Gasteiger partial charge < -0.3 is 24.6 Å². The van der Waals surface area contributed by atoms with Crippen molar-refractivity contribution in [3.63, 3.8) is 0 Å². The van der Waals surface area contributed by atoms with Gasteiger partial charge in [-0.05, 0) is 28.8 Å². The summed E-state index contributed by atoms with van der Waals surface area (Å²) in [7, 11) is -3.85. The third kappa shape index (κ3) is 19.0. The molecule has 0 aromatic carbocycles. The normalized spacial score (nSPS) is 13.2. The van der Waals surface area contributed by atoms with E-state index in [-0.39, 0.29) is 25.6 Å². The molecular formula is C26H49BrN3O6P. The number of nitrogens with zero attached hydrogens (tertiary/aromatic N) is 2. The van der Waals surface area contributed by atoms with Gasteiger partial charge in [-0.25, -0.2) is 4.79 Å². The number of rotatable bonds is 25. The number of hydrogen-bond donors (Lipinski definition) is 2. The van der Waals surface area contributed by atoms with Crippen molar-refractivity contribution in [2.24, 2.45) is 0 Å². The van der Waals surface area contributed by atoms with E-state index in [1.54, 1.807) is 0 Å². The van der Waals surface area contributed by atoms with Gasteiger partial charge in [0.15, 0.2) is 0 Å². The van der Waals surface area contributed by atoms with Gasteiger partial charge in [-0.3, -0.25) is 9.13 Å². The largest absolute Gasteiger partial charge is 0.383 e. The fourth-order valence-corrected chi connectivity index (χ4v) is 5.07. The Morgan fingerprint density at radius 1 is 0.865 bits per heavy atom. The highest BCUT2D eigenvalue weighted by atomic mass is 79.9. The lowest BCUT2D eigenvalue weighted by Gasteiger charge is -2.13. The van der Waals surface area contributed by atoms with Gasteiger partial charge in [-0.15, -0.1) is 0 Å². The first kappa shape index (κ1) is 34.3. The topological polar surface area (TPSA) is 126 Å². The third-order valence-corrected chi connectivity index (χ3v) is 7.78. The first-order valence-corrected chi connectivity index (χ1v) is 16.6. The molecule has 1 atom stereocenters. The van der Waals surface area contributed by atoms with Gasteiger partial charge in [0.25, 0.3) is 0 Å². The zero-order valence-corrected chi connectivity index (χ0v) is 25.2. The number of anilines is 1. The Morgan fingerprint density at radius 2 is 1.41 bits per heavy atom. The molecule has 1 heterocycles. The van der Waals surface area contributed by atoms with E-state index in [2.05, 4.69) is 27.8 Å². The number of hydrogen-bond acceptors (Lipinski definition) is 7. The van der Waals surface area contributed by atoms with E-state index in [1.807, 2.05) is 0 Å². The van der Waals surface area contributed by atoms with Crippen molar-refractivity contribution in [2.45, 2.75) is 110 Å². The predicted octanol–water partition coefficient (Wildman–Crippen LogP) is 6.65. The highest BCUT2D eigenvalue weighted by Gasteiger charge is 2.19. The van der Waals surface area contributed by atoms with Crippen LogP contribution in [-0.4, -0.2) is 47.2 Å². The van der Waals surface area contributed by atoms with Crippen LogP contribution in [-0.2, 0) is 25.1 Å². The molecule has 0 saturated carbocycles. The lowest BCUT2D eigenvalue weighted by molar-refractivity contribution is 0.106. The summed E-state index contributed by atoms with van der Waals surface area (Å²) in [6, 6.07) is 0. The van der Waals surface area contributed by atoms with E-state index in [0.29, 0.717) is 24.1 Å². The van der Waals surface area contributed by atoms with Crippen LogP contribution in [0.2, 0.25) is 0 Å². The van der Waals surface area contributed by atoms with E-state index in [9.17, 15) is 14.3 Å². The molecule has 216 valence electrons. The standard InChI is InChI=1S/C26H49BrN3O6P/c1-2-3-4-5-6-7-8-9-10-11-12-13-14-15-18-34-19-16-20-36-37(32,33)23-35-21-17-30-22-24(27)25(28)29-26(30)31/h22H,2-21,23H2,1H3,(H,32,33)(H2,28,29,31). The minimum absolute atomic E-state index is 0.0637. The molecule has 0 spiro atoms. The summed E-state index contributed by atoms with van der Waals surface area (Å²) < 4.78 is 29.7. The minimum Gasteiger partial charge on any atom is -0.383 e. The molecule has 0 fully saturated rings. The fourth-order valence-electron chi connectivity index (χ4n) is 3.89. The van der Waals surface area contributed by atoms with E-state index < -0.39 is 19.6 Å². The zero-order valence-electron chi connectivity index (χ0n) is 22.7. The maximum atomic E-state index is 12.0. The maximum Gasteiger partial charge on any atom is 0.353 e. The first-order valence-electron chi connectivity index (χ1n) is 14.0. The molecule has 1 unspecified atom stereocenters. The summed E-state index contributed by atoms with van der Waals surface area (Å²) in [5.74, 6) is 0.110. The number of ether oxygens (including phenoxy) is 2. The quantitative estimate of drug-likeness (QED) is 0.0931. The van der Waals surface area contributed by atoms with Crippen LogP contribution in [0.5, 0.6) is 0 Å². The smallest absolute Gasteiger partial charge is 0.353 e. The molecule has 0 bridgehead atoms. The van der Waals surface area contributed by atoms with Crippen molar-refractivity contribution in [2.75, 3.05) is 38.5 Å². The summed E-state index contributed by atoms with van der Waals surface area (Å²) in [6.45, 7) is 3.85. The molecule has 9 nitrogen and oxygen atoms in total. The van der Waals surface area contributed by atoms with Gasteiger partial charge in [-0.1, -0.05) is 90.4 Å². The van der Waals surface area contributed by atoms with Crippen molar-refractivity contribution >= 4 is 29.3 Å². The molecule has 1 aromatic heterocycles. The van der Waals surface area contributed by atoms with Gasteiger partial charge in [0.05, 0.1) is 24.2 Å². The second kappa shape index (κ2) is 22.1. The molecule has 11 heteroatoms. The third-order valence-electron chi connectivity index (χ3n) is 6.07. The lowest BCUT2D eigenvalue weighted by Crippen LogP contribution is -2.25. The second-order valence-corrected chi connectivity index (χ2v) is 12.2. The molecule has 0 saturated heterocycles. The Morgan fingerprint density at radius 3 is 2.00 bits per heavy atom. The predicted molar refractivity (Wildman–Crippen MR) is 153 cm³/mol. The Balaban J connectivity index is 1.87. The molecule has 0 aliphatic rings. The van der Waals surface area contributed by atoms with Crippen LogP contribution < -0.4 is 11.4 Å². The molecule has 0 amide bonds. The molecular weight excluding hydrogens is 561 g/mol. The molecule has 0 aliphatic carbocycles. The van der Waals surface area contributed by atoms with Gasteiger partial charge >= 0.3 is 13.3 Å². The van der Waals surface area contributed by atoms with Crippen molar-refractivity contribution in [1.82, 2.24) is 9.55 Å². The van der Waals surface area contributed by atoms with Crippen LogP contribution in [0.25, 0.3) is 0 Å². The number of aromatic nitrogens is 2. The molecule has 1 rings (SSSR count). The SMILES string of the molecule is CCCCCCCCCCCCCCCCOCCCOP(=O)(O)COCCn1cc(Br)c(N)nc1=O. The van der Waals surface area contributed by atoms with E-state index in [0.717, 1.165) is 6.42 Å². The van der Waals surface area contributed by atoms with Crippen LogP contribution in [0.4, 0.5) is 5.82 Å². The Bertz CT molecular complexity index is 811. The average Bonchev–Trinajstić information content (AvgIpc) is 2.86. The Labute approximate surface area is 231 Å². The average molecular weight is 611 g/mol. The summed E-state index contributed by atoms with van der Waals surface area (Å²) in [5, 5.41) is 0. The van der Waals surface area contributed by atoms with Crippen LogP contribution in [0, 0.1) is 0 Å². The summed E-state index contributed by atoms with van der Waals surface area (Å²) in [4.78, 5) is 25.2. The van der Waals surface area contributed by atoms with E-state index >= 15 is 0 Å². The van der Waals surface area contributed by atoms with Gasteiger partial charge in [0.2, 0.25) is 0 Å². The Hall–Kier alpha value is -0.770. The van der Waals surface area contributed by atoms with Gasteiger partial charge in [-0.2, -0.15) is 4.98 Å². The minimum atomic E-state index is -3.85. The van der Waals surface area contributed by atoms with Crippen molar-refractivity contribution in [3.8, 4) is 0 Å². The fraction of sp³-hybridized carbons (Fsp3) is 0.846. The molecule has 0 aliphatic heterocycles. The van der Waals surface area contributed by atoms with Crippen molar-refractivity contribution in [1.29, 1.82) is 0 Å². The van der Waals surface area contributed by atoms with Crippen LogP contribution in [0.1, 0.15) is 103 Å². The molecule has 3 N–H and O–H groups in total. The van der Waals surface area contributed by atoms with Crippen LogP contribution in [0.3, 0.4) is 0 Å². The number of nitrogens with two attached hydrogens (primary N) is 1. The summed E-state index contributed by atoms with van der Waals surface area (Å²) >= 11 is 3.20. The van der Waals surface area contributed by atoms with Crippen LogP contribution in [0.15, 0.2) is 15.5 Å². The van der Waals surface area contributed by atoms with Crippen LogP contribution >= 0.6 is 23.5 Å². The highest BCUT2D eigenvalue weighted by Crippen LogP contribution is 2.41. The number of halogens is 1. The molecule has 1 aromatic rings. The summed E-state index contributed by atoms with van der Waals surface area (Å²) in [6.07, 6.45) is 20.2. The number of unbranched alkanes of at least 4 members (excludes halogenated alkanes) is 13. The van der Waals surface area contributed by atoms with E-state index in [4.69, 9.17) is 19.7 Å². The highest BCUT2D eigenvalue weighted by molar-refractivity contribution is 9.10. The zero-order chi connectivity index (χ0) is 27.2. The number of nitrogen functional groups attached to an aromatic ring is 1. The maximum absolute atomic E-state index is 12.0. The van der Waals surface area contributed by atoms with E-state index in [1.165, 1.54) is 94.2 Å². The monoisotopic (exact) mass is 609 g/mol. The second-order valence-electron chi connectivity index (χ2n) is 9.52. The Kier molecular flexibility index (Phi) is 20.5. The van der Waals surface area contributed by atoms with Gasteiger partial charge in [0, 0.05) is 19.4 Å². The first-order chi connectivity index (χ1) is 17.9. The van der Waals surface area contributed by atoms with Gasteiger partial charge in [0.1, 0.15) is 12.2 Å². The summed E-state index contributed by atoms with van der Waals surface area (Å²) in [5.41, 5.74) is 5.03. The molecule has 37 heavy (non-hydrogen) atoms. The van der Waals surface area contributed by atoms with Crippen molar-refractivity contribution < 1.29 is 23.5 Å².